The highest BCUT2D eigenvalue weighted by atomic mass is 16.1. The van der Waals surface area contributed by atoms with Crippen molar-refractivity contribution < 1.29 is 4.79 Å². The number of aromatic nitrogens is 1. The summed E-state index contributed by atoms with van der Waals surface area (Å²) in [5, 5.41) is 0. The molecular formula is C16H25NO. The van der Waals surface area contributed by atoms with Gasteiger partial charge in [-0.3, -0.25) is 9.78 Å². The highest BCUT2D eigenvalue weighted by Crippen LogP contribution is 2.20. The molecule has 0 aromatic carbocycles. The Labute approximate surface area is 111 Å². The van der Waals surface area contributed by atoms with E-state index >= 15 is 0 Å². The number of unbranched alkanes of at least 4 members (excludes halogenated alkanes) is 1. The second-order valence-corrected chi connectivity index (χ2v) is 5.22. The van der Waals surface area contributed by atoms with Crippen molar-refractivity contribution in [3.05, 3.63) is 29.1 Å². The minimum Gasteiger partial charge on any atom is -0.292 e. The van der Waals surface area contributed by atoms with Crippen LogP contribution in [0.1, 0.15) is 67.6 Å². The summed E-state index contributed by atoms with van der Waals surface area (Å²) >= 11 is 0. The van der Waals surface area contributed by atoms with Crippen LogP contribution in [-0.4, -0.2) is 10.8 Å². The van der Waals surface area contributed by atoms with Crippen LogP contribution in [0.5, 0.6) is 0 Å². The minimum absolute atomic E-state index is 0.204. The zero-order valence-corrected chi connectivity index (χ0v) is 12.1. The molecular weight excluding hydrogens is 222 g/mol. The van der Waals surface area contributed by atoms with Gasteiger partial charge >= 0.3 is 0 Å². The van der Waals surface area contributed by atoms with Crippen LogP contribution in [0, 0.1) is 19.8 Å². The van der Waals surface area contributed by atoms with E-state index in [9.17, 15) is 4.79 Å². The number of hydrogen-bond donors (Lipinski definition) is 0. The molecule has 0 aliphatic carbocycles. The molecule has 0 aliphatic rings. The molecule has 1 rings (SSSR count). The number of carbonyl (C=O) groups is 1. The first-order valence-corrected chi connectivity index (χ1v) is 7.04. The Kier molecular flexibility index (Phi) is 6.03. The molecule has 0 saturated heterocycles. The van der Waals surface area contributed by atoms with Crippen molar-refractivity contribution in [1.82, 2.24) is 4.98 Å². The van der Waals surface area contributed by atoms with Gasteiger partial charge in [0, 0.05) is 12.6 Å². The van der Waals surface area contributed by atoms with Crippen LogP contribution >= 0.6 is 0 Å². The summed E-state index contributed by atoms with van der Waals surface area (Å²) in [4.78, 5) is 16.5. The van der Waals surface area contributed by atoms with Crippen LogP contribution in [0.15, 0.2) is 12.3 Å². The van der Waals surface area contributed by atoms with Crippen molar-refractivity contribution in [2.24, 2.45) is 5.92 Å². The first-order chi connectivity index (χ1) is 8.58. The molecule has 18 heavy (non-hydrogen) atoms. The fraction of sp³-hybridized carbons (Fsp3) is 0.625. The van der Waals surface area contributed by atoms with Crippen LogP contribution in [0.3, 0.4) is 0 Å². The number of aryl methyl sites for hydroxylation is 2. The third-order valence-electron chi connectivity index (χ3n) is 3.50. The van der Waals surface area contributed by atoms with Gasteiger partial charge in [-0.2, -0.15) is 0 Å². The standard InChI is InChI=1S/C16H25NO/c1-5-7-8-14(6-2)10-15(18)16-13(4)9-12(3)11-17-16/h9,11,14H,5-8,10H2,1-4H3. The predicted molar refractivity (Wildman–Crippen MR) is 76.0 cm³/mol. The molecule has 100 valence electrons. The highest BCUT2D eigenvalue weighted by molar-refractivity contribution is 5.95. The lowest BCUT2D eigenvalue weighted by Gasteiger charge is -2.13. The summed E-state index contributed by atoms with van der Waals surface area (Å²) in [6.45, 7) is 8.34. The third-order valence-corrected chi connectivity index (χ3v) is 3.50. The van der Waals surface area contributed by atoms with E-state index < -0.39 is 0 Å². The lowest BCUT2D eigenvalue weighted by molar-refractivity contribution is 0.0951. The van der Waals surface area contributed by atoms with Crippen molar-refractivity contribution in [3.63, 3.8) is 0 Å². The molecule has 0 saturated carbocycles. The van der Waals surface area contributed by atoms with E-state index in [1.807, 2.05) is 19.9 Å². The van der Waals surface area contributed by atoms with Crippen molar-refractivity contribution in [1.29, 1.82) is 0 Å². The zero-order valence-electron chi connectivity index (χ0n) is 12.1. The molecule has 0 aliphatic heterocycles. The van der Waals surface area contributed by atoms with Crippen molar-refractivity contribution in [2.45, 2.75) is 59.8 Å². The molecule has 1 unspecified atom stereocenters. The molecule has 0 N–H and O–H groups in total. The SMILES string of the molecule is CCCCC(CC)CC(=O)c1ncc(C)cc1C. The first-order valence-electron chi connectivity index (χ1n) is 7.04. The van der Waals surface area contributed by atoms with Gasteiger partial charge in [-0.05, 0) is 30.9 Å². The van der Waals surface area contributed by atoms with Crippen LogP contribution in [0.4, 0.5) is 0 Å². The van der Waals surface area contributed by atoms with Gasteiger partial charge in [0.2, 0.25) is 0 Å². The quantitative estimate of drug-likeness (QED) is 0.665. The monoisotopic (exact) mass is 247 g/mol. The van der Waals surface area contributed by atoms with E-state index in [1.165, 1.54) is 12.8 Å². The molecule has 0 spiro atoms. The first kappa shape index (κ1) is 14.9. The average molecular weight is 247 g/mol. The molecule has 0 amide bonds. The maximum absolute atomic E-state index is 12.2. The van der Waals surface area contributed by atoms with Gasteiger partial charge in [0.25, 0.3) is 0 Å². The maximum atomic E-state index is 12.2. The summed E-state index contributed by atoms with van der Waals surface area (Å²) in [5.41, 5.74) is 2.78. The lowest BCUT2D eigenvalue weighted by Crippen LogP contribution is -2.11. The normalized spacial score (nSPS) is 12.4. The van der Waals surface area contributed by atoms with Crippen LogP contribution in [0.2, 0.25) is 0 Å². The zero-order chi connectivity index (χ0) is 13.5. The molecule has 1 heterocycles. The number of Topliss-reactive ketones (excluding diaryl/α,β-unsaturated/α-hetero) is 1. The van der Waals surface area contributed by atoms with E-state index in [-0.39, 0.29) is 5.78 Å². The molecule has 2 nitrogen and oxygen atoms in total. The topological polar surface area (TPSA) is 30.0 Å². The molecule has 0 bridgehead atoms. The summed E-state index contributed by atoms with van der Waals surface area (Å²) in [7, 11) is 0. The minimum atomic E-state index is 0.204. The van der Waals surface area contributed by atoms with E-state index in [1.54, 1.807) is 6.20 Å². The Morgan fingerprint density at radius 3 is 2.61 bits per heavy atom. The number of rotatable bonds is 7. The Morgan fingerprint density at radius 2 is 2.06 bits per heavy atom. The maximum Gasteiger partial charge on any atom is 0.181 e. The molecule has 0 radical (unpaired) electrons. The Morgan fingerprint density at radius 1 is 1.33 bits per heavy atom. The fourth-order valence-corrected chi connectivity index (χ4v) is 2.31. The predicted octanol–water partition coefficient (Wildman–Crippen LogP) is 4.49. The number of nitrogens with zero attached hydrogens (tertiary/aromatic N) is 1. The van der Waals surface area contributed by atoms with Gasteiger partial charge < -0.3 is 0 Å². The lowest BCUT2D eigenvalue weighted by atomic mass is 9.92. The van der Waals surface area contributed by atoms with E-state index in [2.05, 4.69) is 18.8 Å². The molecule has 1 aromatic rings. The van der Waals surface area contributed by atoms with Crippen LogP contribution in [-0.2, 0) is 0 Å². The van der Waals surface area contributed by atoms with Crippen molar-refractivity contribution in [3.8, 4) is 0 Å². The molecule has 2 heteroatoms. The van der Waals surface area contributed by atoms with E-state index in [0.717, 1.165) is 24.0 Å². The molecule has 1 atom stereocenters. The number of pyridine rings is 1. The van der Waals surface area contributed by atoms with E-state index in [0.29, 0.717) is 18.0 Å². The summed E-state index contributed by atoms with van der Waals surface area (Å²) in [5.74, 6) is 0.718. The van der Waals surface area contributed by atoms with Crippen molar-refractivity contribution in [2.75, 3.05) is 0 Å². The van der Waals surface area contributed by atoms with Gasteiger partial charge in [-0.1, -0.05) is 45.6 Å². The summed E-state index contributed by atoms with van der Waals surface area (Å²) in [6, 6.07) is 2.03. The van der Waals surface area contributed by atoms with Gasteiger partial charge in [-0.15, -0.1) is 0 Å². The third kappa shape index (κ3) is 4.25. The van der Waals surface area contributed by atoms with Crippen LogP contribution in [0.25, 0.3) is 0 Å². The Hall–Kier alpha value is -1.18. The molecule has 0 fully saturated rings. The number of hydrogen-bond acceptors (Lipinski definition) is 2. The summed E-state index contributed by atoms with van der Waals surface area (Å²) < 4.78 is 0. The number of carbonyl (C=O) groups excluding carboxylic acids is 1. The highest BCUT2D eigenvalue weighted by Gasteiger charge is 2.16. The number of ketones is 1. The van der Waals surface area contributed by atoms with Gasteiger partial charge in [0.1, 0.15) is 5.69 Å². The fourth-order valence-electron chi connectivity index (χ4n) is 2.31. The smallest absolute Gasteiger partial charge is 0.181 e. The van der Waals surface area contributed by atoms with E-state index in [4.69, 9.17) is 0 Å². The second kappa shape index (κ2) is 7.30. The summed E-state index contributed by atoms with van der Waals surface area (Å²) in [6.07, 6.45) is 7.08. The molecule has 1 aromatic heterocycles. The van der Waals surface area contributed by atoms with Crippen molar-refractivity contribution >= 4 is 5.78 Å². The second-order valence-electron chi connectivity index (χ2n) is 5.22. The van der Waals surface area contributed by atoms with Gasteiger partial charge in [0.15, 0.2) is 5.78 Å². The largest absolute Gasteiger partial charge is 0.292 e. The van der Waals surface area contributed by atoms with Gasteiger partial charge in [0.05, 0.1) is 0 Å². The van der Waals surface area contributed by atoms with Crippen LogP contribution < -0.4 is 0 Å². The Balaban J connectivity index is 2.68. The average Bonchev–Trinajstić information content (AvgIpc) is 2.34. The Bertz CT molecular complexity index is 398. The van der Waals surface area contributed by atoms with Gasteiger partial charge in [-0.25, -0.2) is 0 Å².